The van der Waals surface area contributed by atoms with Crippen molar-refractivity contribution in [3.8, 4) is 0 Å². The number of halogens is 1. The summed E-state index contributed by atoms with van der Waals surface area (Å²) in [7, 11) is -0.437. The summed E-state index contributed by atoms with van der Waals surface area (Å²) in [6.07, 6.45) is 0. The first-order chi connectivity index (χ1) is 9.82. The van der Waals surface area contributed by atoms with Crippen molar-refractivity contribution in [2.45, 2.75) is 17.9 Å². The number of anilines is 1. The molecule has 1 aromatic carbocycles. The number of para-hydroxylation sites is 1. The van der Waals surface area contributed by atoms with Crippen LogP contribution in [-0.4, -0.2) is 26.8 Å². The number of hydrogen-bond donors (Lipinski definition) is 1. The standard InChI is InChI=1S/C14H17ClN2O2S2/c1-10(12-8-9-14(15)20-12)16-11-6-4-5-7-13(11)21(18,19)17(2)3/h4-10,16H,1-3H3. The highest BCUT2D eigenvalue weighted by atomic mass is 35.5. The molecule has 2 rings (SSSR count). The molecular formula is C14H17ClN2O2S2. The van der Waals surface area contributed by atoms with Crippen molar-refractivity contribution in [1.82, 2.24) is 4.31 Å². The lowest BCUT2D eigenvalue weighted by molar-refractivity contribution is 0.521. The molecule has 0 aliphatic heterocycles. The van der Waals surface area contributed by atoms with Crippen molar-refractivity contribution in [2.75, 3.05) is 19.4 Å². The lowest BCUT2D eigenvalue weighted by atomic mass is 10.2. The van der Waals surface area contributed by atoms with Gasteiger partial charge in [-0.05, 0) is 31.2 Å². The predicted molar refractivity (Wildman–Crippen MR) is 88.7 cm³/mol. The molecule has 0 saturated carbocycles. The lowest BCUT2D eigenvalue weighted by Crippen LogP contribution is -2.23. The van der Waals surface area contributed by atoms with E-state index in [1.807, 2.05) is 25.1 Å². The van der Waals surface area contributed by atoms with Crippen LogP contribution in [0.5, 0.6) is 0 Å². The van der Waals surface area contributed by atoms with E-state index in [1.165, 1.54) is 29.7 Å². The van der Waals surface area contributed by atoms with Gasteiger partial charge in [0.05, 0.1) is 16.1 Å². The van der Waals surface area contributed by atoms with Crippen LogP contribution in [0.1, 0.15) is 17.8 Å². The van der Waals surface area contributed by atoms with Crippen LogP contribution in [0, 0.1) is 0 Å². The third-order valence-corrected chi connectivity index (χ3v) is 6.33. The van der Waals surface area contributed by atoms with Crippen molar-refractivity contribution in [1.29, 1.82) is 0 Å². The smallest absolute Gasteiger partial charge is 0.244 e. The lowest BCUT2D eigenvalue weighted by Gasteiger charge is -2.19. The molecule has 1 unspecified atom stereocenters. The van der Waals surface area contributed by atoms with Crippen molar-refractivity contribution in [3.63, 3.8) is 0 Å². The quantitative estimate of drug-likeness (QED) is 0.896. The van der Waals surface area contributed by atoms with Gasteiger partial charge in [0.15, 0.2) is 0 Å². The van der Waals surface area contributed by atoms with Gasteiger partial charge in [-0.25, -0.2) is 12.7 Å². The first-order valence-corrected chi connectivity index (χ1v) is 8.99. The Morgan fingerprint density at radius 2 is 1.86 bits per heavy atom. The van der Waals surface area contributed by atoms with Crippen LogP contribution in [0.2, 0.25) is 4.34 Å². The first kappa shape index (κ1) is 16.3. The van der Waals surface area contributed by atoms with Gasteiger partial charge in [-0.15, -0.1) is 11.3 Å². The summed E-state index contributed by atoms with van der Waals surface area (Å²) in [6, 6.07) is 10.6. The van der Waals surface area contributed by atoms with Gasteiger partial charge in [0.1, 0.15) is 4.90 Å². The molecule has 114 valence electrons. The maximum atomic E-state index is 12.3. The third-order valence-electron chi connectivity index (χ3n) is 3.04. The number of sulfonamides is 1. The summed E-state index contributed by atoms with van der Waals surface area (Å²) < 4.78 is 26.6. The van der Waals surface area contributed by atoms with Crippen molar-refractivity contribution < 1.29 is 8.42 Å². The molecule has 4 nitrogen and oxygen atoms in total. The fraction of sp³-hybridized carbons (Fsp3) is 0.286. The van der Waals surface area contributed by atoms with Gasteiger partial charge in [0, 0.05) is 19.0 Å². The minimum Gasteiger partial charge on any atom is -0.377 e. The topological polar surface area (TPSA) is 49.4 Å². The Labute approximate surface area is 134 Å². The van der Waals surface area contributed by atoms with E-state index in [0.717, 1.165) is 4.88 Å². The van der Waals surface area contributed by atoms with Crippen LogP contribution in [0.15, 0.2) is 41.3 Å². The van der Waals surface area contributed by atoms with Crippen LogP contribution in [0.25, 0.3) is 0 Å². The molecule has 2 aromatic rings. The number of hydrogen-bond acceptors (Lipinski definition) is 4. The molecule has 1 atom stereocenters. The second-order valence-electron chi connectivity index (χ2n) is 4.79. The Balaban J connectivity index is 2.33. The molecule has 0 amide bonds. The molecule has 0 bridgehead atoms. The van der Waals surface area contributed by atoms with E-state index < -0.39 is 10.0 Å². The van der Waals surface area contributed by atoms with E-state index in [4.69, 9.17) is 11.6 Å². The molecule has 7 heteroatoms. The summed E-state index contributed by atoms with van der Waals surface area (Å²) in [5.41, 5.74) is 0.586. The average Bonchev–Trinajstić information content (AvgIpc) is 2.86. The summed E-state index contributed by atoms with van der Waals surface area (Å²) in [4.78, 5) is 1.32. The molecule has 0 aliphatic carbocycles. The van der Waals surface area contributed by atoms with Gasteiger partial charge >= 0.3 is 0 Å². The maximum absolute atomic E-state index is 12.3. The average molecular weight is 345 g/mol. The minimum atomic E-state index is -3.48. The van der Waals surface area contributed by atoms with E-state index in [0.29, 0.717) is 10.0 Å². The SMILES string of the molecule is CC(Nc1ccccc1S(=O)(=O)N(C)C)c1ccc(Cl)s1. The van der Waals surface area contributed by atoms with Crippen LogP contribution in [-0.2, 0) is 10.0 Å². The monoisotopic (exact) mass is 344 g/mol. The molecule has 1 heterocycles. The van der Waals surface area contributed by atoms with E-state index in [9.17, 15) is 8.42 Å². The normalized spacial score (nSPS) is 13.4. The largest absolute Gasteiger partial charge is 0.377 e. The molecule has 1 aromatic heterocycles. The Morgan fingerprint density at radius 3 is 2.43 bits per heavy atom. The van der Waals surface area contributed by atoms with E-state index in [1.54, 1.807) is 18.2 Å². The van der Waals surface area contributed by atoms with Gasteiger partial charge in [0.25, 0.3) is 0 Å². The Bertz CT molecular complexity index is 726. The summed E-state index contributed by atoms with van der Waals surface area (Å²) in [5, 5.41) is 3.25. The van der Waals surface area contributed by atoms with E-state index in [2.05, 4.69) is 5.32 Å². The third kappa shape index (κ3) is 3.58. The van der Waals surface area contributed by atoms with Crippen molar-refractivity contribution in [3.05, 3.63) is 45.6 Å². The maximum Gasteiger partial charge on any atom is 0.244 e. The fourth-order valence-corrected chi connectivity index (χ4v) is 3.99. The summed E-state index contributed by atoms with van der Waals surface area (Å²) >= 11 is 7.42. The number of nitrogens with zero attached hydrogens (tertiary/aromatic N) is 1. The second-order valence-corrected chi connectivity index (χ2v) is 8.66. The zero-order valence-corrected chi connectivity index (χ0v) is 14.4. The first-order valence-electron chi connectivity index (χ1n) is 6.35. The minimum absolute atomic E-state index is 0.0268. The zero-order chi connectivity index (χ0) is 15.6. The molecule has 1 N–H and O–H groups in total. The summed E-state index contributed by atoms with van der Waals surface area (Å²) in [5.74, 6) is 0. The van der Waals surface area contributed by atoms with Crippen molar-refractivity contribution in [2.24, 2.45) is 0 Å². The molecule has 21 heavy (non-hydrogen) atoms. The van der Waals surface area contributed by atoms with Crippen LogP contribution in [0.3, 0.4) is 0 Å². The molecular weight excluding hydrogens is 328 g/mol. The Kier molecular flexibility index (Phi) is 4.93. The highest BCUT2D eigenvalue weighted by molar-refractivity contribution is 7.89. The highest BCUT2D eigenvalue weighted by Gasteiger charge is 2.21. The van der Waals surface area contributed by atoms with Gasteiger partial charge in [-0.3, -0.25) is 0 Å². The second kappa shape index (κ2) is 6.36. The fourth-order valence-electron chi connectivity index (χ4n) is 1.87. The van der Waals surface area contributed by atoms with Crippen LogP contribution < -0.4 is 5.32 Å². The van der Waals surface area contributed by atoms with E-state index >= 15 is 0 Å². The predicted octanol–water partition coefficient (Wildman–Crippen LogP) is 3.82. The van der Waals surface area contributed by atoms with Crippen LogP contribution >= 0.6 is 22.9 Å². The van der Waals surface area contributed by atoms with Gasteiger partial charge < -0.3 is 5.32 Å². The molecule has 0 spiro atoms. The van der Waals surface area contributed by atoms with Crippen LogP contribution in [0.4, 0.5) is 5.69 Å². The Hall–Kier alpha value is -1.08. The Morgan fingerprint density at radius 1 is 1.19 bits per heavy atom. The molecule has 0 saturated heterocycles. The van der Waals surface area contributed by atoms with Gasteiger partial charge in [-0.1, -0.05) is 23.7 Å². The number of thiophene rings is 1. The molecule has 0 radical (unpaired) electrons. The highest BCUT2D eigenvalue weighted by Crippen LogP contribution is 2.31. The van der Waals surface area contributed by atoms with Gasteiger partial charge in [0.2, 0.25) is 10.0 Å². The number of benzene rings is 1. The zero-order valence-electron chi connectivity index (χ0n) is 12.0. The number of rotatable bonds is 5. The van der Waals surface area contributed by atoms with Crippen molar-refractivity contribution >= 4 is 38.6 Å². The van der Waals surface area contributed by atoms with E-state index in [-0.39, 0.29) is 10.9 Å². The molecule has 0 aliphatic rings. The molecule has 0 fully saturated rings. The summed E-state index contributed by atoms with van der Waals surface area (Å²) in [6.45, 7) is 1.97. The van der Waals surface area contributed by atoms with Gasteiger partial charge in [-0.2, -0.15) is 0 Å². The number of nitrogens with one attached hydrogen (secondary N) is 1.